The Morgan fingerprint density at radius 3 is 2.36 bits per heavy atom. The minimum absolute atomic E-state index is 0.0883. The van der Waals surface area contributed by atoms with Crippen LogP contribution >= 0.6 is 0 Å². The molecular formula is C10H15NO3. The van der Waals surface area contributed by atoms with Gasteiger partial charge < -0.3 is 10.4 Å². The standard InChI is InChI=1S/C10H15NO3/c12-8(6-7-2-1-3-7)11-10(4-5-10)9(13)14/h7H,1-6H2,(H,11,12)(H,13,14). The molecule has 78 valence electrons. The molecule has 14 heavy (non-hydrogen) atoms. The van der Waals surface area contributed by atoms with Crippen LogP contribution in [0.3, 0.4) is 0 Å². The highest BCUT2D eigenvalue weighted by Gasteiger charge is 2.51. The Labute approximate surface area is 82.7 Å². The van der Waals surface area contributed by atoms with Gasteiger partial charge in [-0.15, -0.1) is 0 Å². The average molecular weight is 197 g/mol. The van der Waals surface area contributed by atoms with Gasteiger partial charge in [-0.25, -0.2) is 4.79 Å². The maximum Gasteiger partial charge on any atom is 0.329 e. The van der Waals surface area contributed by atoms with E-state index in [-0.39, 0.29) is 5.91 Å². The Balaban J connectivity index is 1.79. The molecule has 0 aromatic rings. The summed E-state index contributed by atoms with van der Waals surface area (Å²) in [6.07, 6.45) is 5.12. The third kappa shape index (κ3) is 1.74. The molecule has 0 radical (unpaired) electrons. The van der Waals surface area contributed by atoms with Crippen molar-refractivity contribution in [3.8, 4) is 0 Å². The molecule has 0 aromatic carbocycles. The third-order valence-corrected chi connectivity index (χ3v) is 3.24. The van der Waals surface area contributed by atoms with Crippen LogP contribution in [0.25, 0.3) is 0 Å². The van der Waals surface area contributed by atoms with Crippen LogP contribution in [0.1, 0.15) is 38.5 Å². The summed E-state index contributed by atoms with van der Waals surface area (Å²) in [6, 6.07) is 0. The molecule has 0 unspecified atom stereocenters. The van der Waals surface area contributed by atoms with Crippen LogP contribution in [0.2, 0.25) is 0 Å². The normalized spacial score (nSPS) is 23.7. The number of carbonyl (C=O) groups excluding carboxylic acids is 1. The number of aliphatic carboxylic acids is 1. The van der Waals surface area contributed by atoms with E-state index < -0.39 is 11.5 Å². The number of carbonyl (C=O) groups is 2. The molecule has 0 bridgehead atoms. The Bertz CT molecular complexity index is 267. The minimum atomic E-state index is -0.902. The molecule has 2 fully saturated rings. The van der Waals surface area contributed by atoms with Crippen LogP contribution in [0.15, 0.2) is 0 Å². The fraction of sp³-hybridized carbons (Fsp3) is 0.800. The van der Waals surface area contributed by atoms with Gasteiger partial charge in [0.2, 0.25) is 5.91 Å². The fourth-order valence-corrected chi connectivity index (χ4v) is 1.79. The second-order valence-electron chi connectivity index (χ2n) is 4.44. The van der Waals surface area contributed by atoms with E-state index in [1.54, 1.807) is 0 Å². The van der Waals surface area contributed by atoms with Crippen molar-refractivity contribution < 1.29 is 14.7 Å². The van der Waals surface area contributed by atoms with Crippen LogP contribution in [0, 0.1) is 5.92 Å². The summed E-state index contributed by atoms with van der Waals surface area (Å²) in [5, 5.41) is 11.5. The van der Waals surface area contributed by atoms with Gasteiger partial charge in [-0.1, -0.05) is 6.42 Å². The smallest absolute Gasteiger partial charge is 0.329 e. The van der Waals surface area contributed by atoms with Crippen molar-refractivity contribution in [2.24, 2.45) is 5.92 Å². The molecule has 0 saturated heterocycles. The number of carboxylic acids is 1. The lowest BCUT2D eigenvalue weighted by Crippen LogP contribution is -2.43. The zero-order chi connectivity index (χ0) is 10.2. The Hall–Kier alpha value is -1.06. The van der Waals surface area contributed by atoms with Crippen molar-refractivity contribution in [3.05, 3.63) is 0 Å². The lowest BCUT2D eigenvalue weighted by molar-refractivity contribution is -0.143. The maximum atomic E-state index is 11.4. The van der Waals surface area contributed by atoms with E-state index in [9.17, 15) is 9.59 Å². The predicted octanol–water partition coefficient (Wildman–Crippen LogP) is 0.910. The van der Waals surface area contributed by atoms with E-state index in [1.807, 2.05) is 0 Å². The molecule has 2 saturated carbocycles. The van der Waals surface area contributed by atoms with Crippen molar-refractivity contribution in [1.29, 1.82) is 0 Å². The van der Waals surface area contributed by atoms with Gasteiger partial charge in [-0.2, -0.15) is 0 Å². The molecule has 0 aromatic heterocycles. The number of rotatable bonds is 4. The monoisotopic (exact) mass is 197 g/mol. The summed E-state index contributed by atoms with van der Waals surface area (Å²) in [7, 11) is 0. The number of nitrogens with one attached hydrogen (secondary N) is 1. The first-order valence-electron chi connectivity index (χ1n) is 5.17. The first-order chi connectivity index (χ1) is 6.62. The molecule has 0 aliphatic heterocycles. The number of hydrogen-bond donors (Lipinski definition) is 2. The first kappa shape index (κ1) is 9.49. The lowest BCUT2D eigenvalue weighted by Gasteiger charge is -2.25. The second-order valence-corrected chi connectivity index (χ2v) is 4.44. The van der Waals surface area contributed by atoms with E-state index in [0.29, 0.717) is 25.2 Å². The summed E-state index contributed by atoms with van der Waals surface area (Å²) >= 11 is 0. The van der Waals surface area contributed by atoms with Crippen molar-refractivity contribution in [2.45, 2.75) is 44.1 Å². The lowest BCUT2D eigenvalue weighted by atomic mass is 9.83. The van der Waals surface area contributed by atoms with E-state index in [2.05, 4.69) is 5.32 Å². The number of carboxylic acid groups (broad SMARTS) is 1. The molecule has 0 heterocycles. The van der Waals surface area contributed by atoms with Gasteiger partial charge in [0.05, 0.1) is 0 Å². The summed E-state index contributed by atoms with van der Waals surface area (Å²) in [6.45, 7) is 0. The first-order valence-corrected chi connectivity index (χ1v) is 5.17. The van der Waals surface area contributed by atoms with Crippen molar-refractivity contribution >= 4 is 11.9 Å². The second kappa shape index (κ2) is 3.26. The summed E-state index contributed by atoms with van der Waals surface area (Å²) < 4.78 is 0. The van der Waals surface area contributed by atoms with Gasteiger partial charge in [-0.3, -0.25) is 4.79 Å². The van der Waals surface area contributed by atoms with Gasteiger partial charge in [-0.05, 0) is 31.6 Å². The van der Waals surface area contributed by atoms with Crippen LogP contribution in [0.4, 0.5) is 0 Å². The largest absolute Gasteiger partial charge is 0.480 e. The Kier molecular flexibility index (Phi) is 2.21. The predicted molar refractivity (Wildman–Crippen MR) is 49.7 cm³/mol. The molecule has 4 nitrogen and oxygen atoms in total. The van der Waals surface area contributed by atoms with Gasteiger partial charge in [0, 0.05) is 6.42 Å². The Morgan fingerprint density at radius 2 is 2.00 bits per heavy atom. The SMILES string of the molecule is O=C(CC1CCC1)NC1(C(=O)O)CC1. The molecular weight excluding hydrogens is 182 g/mol. The van der Waals surface area contributed by atoms with E-state index in [0.717, 1.165) is 12.8 Å². The average Bonchev–Trinajstić information content (AvgIpc) is 2.78. The highest BCUT2D eigenvalue weighted by Crippen LogP contribution is 2.36. The van der Waals surface area contributed by atoms with Gasteiger partial charge in [0.25, 0.3) is 0 Å². The molecule has 2 aliphatic carbocycles. The van der Waals surface area contributed by atoms with Gasteiger partial charge >= 0.3 is 5.97 Å². The van der Waals surface area contributed by atoms with Crippen molar-refractivity contribution in [1.82, 2.24) is 5.32 Å². The zero-order valence-electron chi connectivity index (χ0n) is 8.08. The quantitative estimate of drug-likeness (QED) is 0.704. The molecule has 2 N–H and O–H groups in total. The maximum absolute atomic E-state index is 11.4. The summed E-state index contributed by atoms with van der Waals surface area (Å²) in [4.78, 5) is 22.2. The number of hydrogen-bond acceptors (Lipinski definition) is 2. The van der Waals surface area contributed by atoms with Crippen molar-refractivity contribution in [2.75, 3.05) is 0 Å². The summed E-state index contributed by atoms with van der Waals surface area (Å²) in [5.41, 5.74) is -0.902. The molecule has 4 heteroatoms. The van der Waals surface area contributed by atoms with E-state index in [4.69, 9.17) is 5.11 Å². The molecule has 1 amide bonds. The molecule has 0 atom stereocenters. The zero-order valence-corrected chi connectivity index (χ0v) is 8.08. The van der Waals surface area contributed by atoms with Crippen LogP contribution in [-0.2, 0) is 9.59 Å². The van der Waals surface area contributed by atoms with E-state index >= 15 is 0 Å². The molecule has 0 spiro atoms. The highest BCUT2D eigenvalue weighted by molar-refractivity contribution is 5.89. The Morgan fingerprint density at radius 1 is 1.36 bits per heavy atom. The van der Waals surface area contributed by atoms with E-state index in [1.165, 1.54) is 6.42 Å². The van der Waals surface area contributed by atoms with Crippen molar-refractivity contribution in [3.63, 3.8) is 0 Å². The van der Waals surface area contributed by atoms with Gasteiger partial charge in [0.1, 0.15) is 5.54 Å². The molecule has 2 rings (SSSR count). The summed E-state index contributed by atoms with van der Waals surface area (Å²) in [5.74, 6) is -0.478. The minimum Gasteiger partial charge on any atom is -0.480 e. The fourth-order valence-electron chi connectivity index (χ4n) is 1.79. The topological polar surface area (TPSA) is 66.4 Å². The van der Waals surface area contributed by atoms with Gasteiger partial charge in [0.15, 0.2) is 0 Å². The van der Waals surface area contributed by atoms with Crippen LogP contribution in [0.5, 0.6) is 0 Å². The van der Waals surface area contributed by atoms with Crippen LogP contribution < -0.4 is 5.32 Å². The number of amides is 1. The third-order valence-electron chi connectivity index (χ3n) is 3.24. The highest BCUT2D eigenvalue weighted by atomic mass is 16.4. The molecule has 2 aliphatic rings. The van der Waals surface area contributed by atoms with Crippen LogP contribution in [-0.4, -0.2) is 22.5 Å².